The third-order valence-corrected chi connectivity index (χ3v) is 8.76. The van der Waals surface area contributed by atoms with Crippen LogP contribution in [0, 0.1) is 5.41 Å². The van der Waals surface area contributed by atoms with Gasteiger partial charge in [-0.1, -0.05) is 36.8 Å². The van der Waals surface area contributed by atoms with E-state index in [4.69, 9.17) is 4.74 Å². The molecule has 1 aromatic heterocycles. The average molecular weight is 433 g/mol. The Morgan fingerprint density at radius 1 is 1.13 bits per heavy atom. The van der Waals surface area contributed by atoms with E-state index < -0.39 is 0 Å². The standard InChI is InChI=1S/C24H40N4OS/c1-18-7-5-12-24(2,3)21(18)11-15-28-13-9-19(10-14-28)22-25-26-23(27(22)4)30-17-20-8-6-16-29-20/h19-20H,5-17H2,1-4H3/t20-/m1/s1. The van der Waals surface area contributed by atoms with Crippen molar-refractivity contribution >= 4 is 11.8 Å². The highest BCUT2D eigenvalue weighted by Crippen LogP contribution is 2.42. The lowest BCUT2D eigenvalue weighted by Gasteiger charge is -2.37. The zero-order chi connectivity index (χ0) is 21.1. The van der Waals surface area contributed by atoms with Gasteiger partial charge < -0.3 is 14.2 Å². The van der Waals surface area contributed by atoms with Gasteiger partial charge in [-0.05, 0) is 76.8 Å². The molecule has 30 heavy (non-hydrogen) atoms. The number of aromatic nitrogens is 3. The van der Waals surface area contributed by atoms with Crippen LogP contribution in [0.1, 0.15) is 83.9 Å². The van der Waals surface area contributed by atoms with Gasteiger partial charge in [0.15, 0.2) is 5.16 Å². The quantitative estimate of drug-likeness (QED) is 0.439. The number of ether oxygens (including phenoxy) is 1. The Hall–Kier alpha value is -0.850. The van der Waals surface area contributed by atoms with E-state index in [0.29, 0.717) is 17.4 Å². The minimum Gasteiger partial charge on any atom is -0.377 e. The molecule has 2 aliphatic heterocycles. The molecule has 2 saturated heterocycles. The summed E-state index contributed by atoms with van der Waals surface area (Å²) in [5.74, 6) is 2.72. The Bertz CT molecular complexity index is 742. The molecule has 0 aromatic carbocycles. The molecule has 168 valence electrons. The SMILES string of the molecule is CC1=C(CCN2CCC(c3nnc(SC[C@H]4CCCO4)n3C)CC2)C(C)(C)CCC1. The number of likely N-dealkylation sites (tertiary alicyclic amines) is 1. The fourth-order valence-corrected chi connectivity index (χ4v) is 6.65. The third-order valence-electron chi connectivity index (χ3n) is 7.61. The van der Waals surface area contributed by atoms with Gasteiger partial charge in [0.05, 0.1) is 6.10 Å². The van der Waals surface area contributed by atoms with Gasteiger partial charge in [-0.2, -0.15) is 0 Å². The Labute approximate surface area is 187 Å². The van der Waals surface area contributed by atoms with Crippen molar-refractivity contribution in [1.82, 2.24) is 19.7 Å². The van der Waals surface area contributed by atoms with Crippen molar-refractivity contribution in [1.29, 1.82) is 0 Å². The molecule has 0 N–H and O–H groups in total. The summed E-state index contributed by atoms with van der Waals surface area (Å²) < 4.78 is 7.98. The second-order valence-electron chi connectivity index (χ2n) is 10.2. The fraction of sp³-hybridized carbons (Fsp3) is 0.833. The lowest BCUT2D eigenvalue weighted by atomic mass is 9.71. The van der Waals surface area contributed by atoms with E-state index in [1.165, 1.54) is 76.8 Å². The summed E-state index contributed by atoms with van der Waals surface area (Å²) in [6.07, 6.45) is 10.4. The van der Waals surface area contributed by atoms with Crippen LogP contribution >= 0.6 is 11.8 Å². The predicted octanol–water partition coefficient (Wildman–Crippen LogP) is 5.18. The number of rotatable bonds is 7. The van der Waals surface area contributed by atoms with E-state index in [9.17, 15) is 0 Å². The maximum Gasteiger partial charge on any atom is 0.191 e. The summed E-state index contributed by atoms with van der Waals surface area (Å²) in [5, 5.41) is 10.1. The van der Waals surface area contributed by atoms with Crippen molar-refractivity contribution < 1.29 is 4.74 Å². The molecule has 1 atom stereocenters. The Morgan fingerprint density at radius 3 is 2.63 bits per heavy atom. The first-order chi connectivity index (χ1) is 14.4. The van der Waals surface area contributed by atoms with E-state index >= 15 is 0 Å². The molecule has 2 fully saturated rings. The van der Waals surface area contributed by atoms with Gasteiger partial charge in [0.1, 0.15) is 5.82 Å². The molecule has 6 heteroatoms. The number of hydrogen-bond donors (Lipinski definition) is 0. The van der Waals surface area contributed by atoms with Gasteiger partial charge in [0.25, 0.3) is 0 Å². The van der Waals surface area contributed by atoms with Crippen molar-refractivity contribution in [2.75, 3.05) is 32.0 Å². The molecule has 0 spiro atoms. The van der Waals surface area contributed by atoms with Crippen molar-refractivity contribution in [3.05, 3.63) is 17.0 Å². The van der Waals surface area contributed by atoms with Gasteiger partial charge in [-0.3, -0.25) is 0 Å². The molecule has 0 amide bonds. The van der Waals surface area contributed by atoms with Crippen molar-refractivity contribution in [2.45, 2.75) is 89.3 Å². The molecule has 4 rings (SSSR count). The van der Waals surface area contributed by atoms with Gasteiger partial charge in [0.2, 0.25) is 0 Å². The zero-order valence-corrected chi connectivity index (χ0v) is 20.3. The summed E-state index contributed by atoms with van der Waals surface area (Å²) in [4.78, 5) is 2.67. The van der Waals surface area contributed by atoms with Crippen LogP contribution in [-0.4, -0.2) is 57.8 Å². The maximum atomic E-state index is 5.75. The van der Waals surface area contributed by atoms with Crippen molar-refractivity contribution in [3.63, 3.8) is 0 Å². The zero-order valence-electron chi connectivity index (χ0n) is 19.5. The van der Waals surface area contributed by atoms with E-state index in [1.54, 1.807) is 22.9 Å². The first-order valence-electron chi connectivity index (χ1n) is 12.0. The van der Waals surface area contributed by atoms with Crippen LogP contribution in [-0.2, 0) is 11.8 Å². The number of piperidine rings is 1. The van der Waals surface area contributed by atoms with Crippen molar-refractivity contribution in [2.24, 2.45) is 12.5 Å². The van der Waals surface area contributed by atoms with Gasteiger partial charge in [-0.25, -0.2) is 0 Å². The fourth-order valence-electron chi connectivity index (χ4n) is 5.66. The Kier molecular flexibility index (Phi) is 7.26. The highest BCUT2D eigenvalue weighted by Gasteiger charge is 2.30. The van der Waals surface area contributed by atoms with Crippen LogP contribution in [0.2, 0.25) is 0 Å². The summed E-state index contributed by atoms with van der Waals surface area (Å²) >= 11 is 1.80. The number of nitrogens with zero attached hydrogens (tertiary/aromatic N) is 4. The molecule has 0 radical (unpaired) electrons. The largest absolute Gasteiger partial charge is 0.377 e. The normalized spacial score (nSPS) is 25.9. The van der Waals surface area contributed by atoms with Gasteiger partial charge in [0, 0.05) is 31.9 Å². The Morgan fingerprint density at radius 2 is 1.93 bits per heavy atom. The predicted molar refractivity (Wildman–Crippen MR) is 124 cm³/mol. The maximum absolute atomic E-state index is 5.75. The van der Waals surface area contributed by atoms with E-state index in [2.05, 4.69) is 47.5 Å². The number of allylic oxidation sites excluding steroid dienone is 1. The molecule has 1 aromatic rings. The minimum absolute atomic E-state index is 0.395. The monoisotopic (exact) mass is 432 g/mol. The van der Waals surface area contributed by atoms with E-state index in [1.807, 2.05) is 0 Å². The minimum atomic E-state index is 0.395. The smallest absolute Gasteiger partial charge is 0.191 e. The summed E-state index contributed by atoms with van der Waals surface area (Å²) in [5.41, 5.74) is 3.79. The highest BCUT2D eigenvalue weighted by atomic mass is 32.2. The lowest BCUT2D eigenvalue weighted by Crippen LogP contribution is -2.35. The van der Waals surface area contributed by atoms with Crippen LogP contribution < -0.4 is 0 Å². The molecule has 0 saturated carbocycles. The molecule has 5 nitrogen and oxygen atoms in total. The van der Waals surface area contributed by atoms with Crippen LogP contribution in [0.5, 0.6) is 0 Å². The lowest BCUT2D eigenvalue weighted by molar-refractivity contribution is 0.129. The molecule has 0 bridgehead atoms. The van der Waals surface area contributed by atoms with E-state index in [-0.39, 0.29) is 0 Å². The van der Waals surface area contributed by atoms with E-state index in [0.717, 1.165) is 17.5 Å². The highest BCUT2D eigenvalue weighted by molar-refractivity contribution is 7.99. The molecule has 1 aliphatic carbocycles. The molecule has 3 heterocycles. The van der Waals surface area contributed by atoms with Crippen LogP contribution in [0.25, 0.3) is 0 Å². The van der Waals surface area contributed by atoms with Crippen LogP contribution in [0.15, 0.2) is 16.3 Å². The van der Waals surface area contributed by atoms with Crippen molar-refractivity contribution in [3.8, 4) is 0 Å². The molecule has 3 aliphatic rings. The molecular formula is C24H40N4OS. The van der Waals surface area contributed by atoms with Crippen LogP contribution in [0.3, 0.4) is 0 Å². The summed E-state index contributed by atoms with van der Waals surface area (Å²) in [7, 11) is 2.14. The average Bonchev–Trinajstić information content (AvgIpc) is 3.36. The first-order valence-corrected chi connectivity index (χ1v) is 13.0. The number of hydrogen-bond acceptors (Lipinski definition) is 5. The summed E-state index contributed by atoms with van der Waals surface area (Å²) in [6.45, 7) is 11.8. The van der Waals surface area contributed by atoms with Gasteiger partial charge in [-0.15, -0.1) is 10.2 Å². The second kappa shape index (κ2) is 9.74. The molecular weight excluding hydrogens is 392 g/mol. The number of thioether (sulfide) groups is 1. The third kappa shape index (κ3) is 5.13. The Balaban J connectivity index is 1.26. The summed E-state index contributed by atoms with van der Waals surface area (Å²) in [6, 6.07) is 0. The first kappa shape index (κ1) is 22.3. The van der Waals surface area contributed by atoms with Gasteiger partial charge >= 0.3 is 0 Å². The second-order valence-corrected chi connectivity index (χ2v) is 11.2. The van der Waals surface area contributed by atoms with Crippen LogP contribution in [0.4, 0.5) is 0 Å². The molecule has 0 unspecified atom stereocenters. The topological polar surface area (TPSA) is 43.2 Å².